The SMILES string of the molecule is c1ccc(-c2cc(N(c3ccc4oc5cnccc5c4c3)c3cccc4oc5ccncc5c34)c3ccccc3c2)cc1. The summed E-state index contributed by atoms with van der Waals surface area (Å²) in [5.74, 6) is 0. The molecule has 0 unspecified atom stereocenters. The van der Waals surface area contributed by atoms with Gasteiger partial charge in [-0.2, -0.15) is 0 Å². The Bertz CT molecular complexity index is 2480. The summed E-state index contributed by atoms with van der Waals surface area (Å²) in [4.78, 5) is 11.1. The fraction of sp³-hybridized carbons (Fsp3) is 0. The summed E-state index contributed by atoms with van der Waals surface area (Å²) in [7, 11) is 0. The van der Waals surface area contributed by atoms with Crippen molar-refractivity contribution >= 4 is 71.7 Å². The van der Waals surface area contributed by atoms with E-state index in [9.17, 15) is 0 Å². The van der Waals surface area contributed by atoms with Crippen LogP contribution in [0.25, 0.3) is 65.8 Å². The van der Waals surface area contributed by atoms with E-state index in [4.69, 9.17) is 8.83 Å². The smallest absolute Gasteiger partial charge is 0.153 e. The summed E-state index contributed by atoms with van der Waals surface area (Å²) in [5.41, 5.74) is 8.61. The number of hydrogen-bond donors (Lipinski definition) is 0. The molecule has 9 aromatic rings. The van der Waals surface area contributed by atoms with E-state index in [0.29, 0.717) is 0 Å². The molecule has 0 saturated carbocycles. The van der Waals surface area contributed by atoms with E-state index in [0.717, 1.165) is 82.8 Å². The standard InChI is InChI=1S/C38H23N3O2/c1-2-7-24(8-3-1)26-19-25-9-4-5-10-28(25)33(20-26)41(27-13-14-34-30(21-27)29-15-17-40-23-37(29)43-34)32-11-6-12-36-38(32)31-22-39-18-16-35(31)42-36/h1-23H. The largest absolute Gasteiger partial charge is 0.456 e. The predicted molar refractivity (Wildman–Crippen MR) is 174 cm³/mol. The molecule has 0 aliphatic carbocycles. The Labute approximate surface area is 246 Å². The second-order valence-corrected chi connectivity index (χ2v) is 10.7. The molecule has 0 spiro atoms. The van der Waals surface area contributed by atoms with E-state index >= 15 is 0 Å². The van der Waals surface area contributed by atoms with Gasteiger partial charge in [0.2, 0.25) is 0 Å². The maximum atomic E-state index is 6.32. The van der Waals surface area contributed by atoms with Crippen LogP contribution in [-0.2, 0) is 0 Å². The van der Waals surface area contributed by atoms with Crippen LogP contribution in [0.4, 0.5) is 17.1 Å². The second-order valence-electron chi connectivity index (χ2n) is 10.7. The lowest BCUT2D eigenvalue weighted by Crippen LogP contribution is -2.11. The fourth-order valence-electron chi connectivity index (χ4n) is 6.28. The van der Waals surface area contributed by atoms with Gasteiger partial charge in [-0.3, -0.25) is 9.97 Å². The van der Waals surface area contributed by atoms with Crippen LogP contribution in [0, 0.1) is 0 Å². The maximum absolute atomic E-state index is 6.32. The van der Waals surface area contributed by atoms with Crippen molar-refractivity contribution in [1.82, 2.24) is 9.97 Å². The average Bonchev–Trinajstić information content (AvgIpc) is 3.64. The normalized spacial score (nSPS) is 11.7. The van der Waals surface area contributed by atoms with Gasteiger partial charge in [-0.05, 0) is 71.1 Å². The molecule has 0 saturated heterocycles. The molecule has 0 amide bonds. The molecule has 9 rings (SSSR count). The molecule has 4 heterocycles. The summed E-state index contributed by atoms with van der Waals surface area (Å²) in [6.07, 6.45) is 7.24. The molecule has 0 atom stereocenters. The topological polar surface area (TPSA) is 55.3 Å². The number of benzene rings is 5. The van der Waals surface area contributed by atoms with Crippen molar-refractivity contribution in [1.29, 1.82) is 0 Å². The van der Waals surface area contributed by atoms with Gasteiger partial charge < -0.3 is 13.7 Å². The van der Waals surface area contributed by atoms with Gasteiger partial charge >= 0.3 is 0 Å². The summed E-state index contributed by atoms with van der Waals surface area (Å²) in [5, 5.41) is 6.37. The van der Waals surface area contributed by atoms with E-state index in [1.165, 1.54) is 0 Å². The third kappa shape index (κ3) is 3.72. The zero-order chi connectivity index (χ0) is 28.3. The first-order chi connectivity index (χ1) is 21.3. The first-order valence-corrected chi connectivity index (χ1v) is 14.2. The van der Waals surface area contributed by atoms with Gasteiger partial charge in [0.25, 0.3) is 0 Å². The van der Waals surface area contributed by atoms with Crippen molar-refractivity contribution in [3.8, 4) is 11.1 Å². The number of rotatable bonds is 4. The first kappa shape index (κ1) is 23.7. The van der Waals surface area contributed by atoms with Gasteiger partial charge in [-0.1, -0.05) is 60.7 Å². The van der Waals surface area contributed by atoms with Crippen LogP contribution in [0.5, 0.6) is 0 Å². The van der Waals surface area contributed by atoms with E-state index in [1.807, 2.05) is 30.6 Å². The van der Waals surface area contributed by atoms with Crippen molar-refractivity contribution in [2.45, 2.75) is 0 Å². The van der Waals surface area contributed by atoms with E-state index in [1.54, 1.807) is 12.4 Å². The molecule has 202 valence electrons. The molecule has 43 heavy (non-hydrogen) atoms. The monoisotopic (exact) mass is 553 g/mol. The zero-order valence-corrected chi connectivity index (χ0v) is 22.9. The Balaban J connectivity index is 1.41. The van der Waals surface area contributed by atoms with E-state index in [-0.39, 0.29) is 0 Å². The molecule has 5 nitrogen and oxygen atoms in total. The first-order valence-electron chi connectivity index (χ1n) is 14.2. The molecule has 4 aromatic heterocycles. The second kappa shape index (κ2) is 9.29. The van der Waals surface area contributed by atoms with Crippen molar-refractivity contribution < 1.29 is 8.83 Å². The quantitative estimate of drug-likeness (QED) is 0.217. The predicted octanol–water partition coefficient (Wildman–Crippen LogP) is 10.6. The summed E-state index contributed by atoms with van der Waals surface area (Å²) in [6.45, 7) is 0. The van der Waals surface area contributed by atoms with Crippen LogP contribution in [0.1, 0.15) is 0 Å². The third-order valence-corrected chi connectivity index (χ3v) is 8.22. The lowest BCUT2D eigenvalue weighted by Gasteiger charge is -2.28. The Morgan fingerprint density at radius 1 is 0.465 bits per heavy atom. The van der Waals surface area contributed by atoms with Crippen LogP contribution >= 0.6 is 0 Å². The minimum atomic E-state index is 0.770. The van der Waals surface area contributed by atoms with Gasteiger partial charge in [0.05, 0.1) is 23.0 Å². The van der Waals surface area contributed by atoms with Crippen LogP contribution in [0.3, 0.4) is 0 Å². The lowest BCUT2D eigenvalue weighted by atomic mass is 9.98. The molecule has 0 aliphatic rings. The van der Waals surface area contributed by atoms with E-state index < -0.39 is 0 Å². The molecule has 0 aliphatic heterocycles. The average molecular weight is 554 g/mol. The van der Waals surface area contributed by atoms with Gasteiger partial charge in [-0.25, -0.2) is 0 Å². The molecule has 5 heteroatoms. The zero-order valence-electron chi connectivity index (χ0n) is 22.9. The number of aromatic nitrogens is 2. The number of nitrogens with zero attached hydrogens (tertiary/aromatic N) is 3. The van der Waals surface area contributed by atoms with Crippen LogP contribution < -0.4 is 4.90 Å². The Morgan fingerprint density at radius 3 is 2.23 bits per heavy atom. The summed E-state index contributed by atoms with van der Waals surface area (Å²) < 4.78 is 12.5. The van der Waals surface area contributed by atoms with Crippen molar-refractivity contribution in [3.63, 3.8) is 0 Å². The number of pyridine rings is 2. The highest BCUT2D eigenvalue weighted by atomic mass is 16.3. The molecule has 0 bridgehead atoms. The summed E-state index contributed by atoms with van der Waals surface area (Å²) in [6, 6.07) is 40.2. The Morgan fingerprint density at radius 2 is 1.28 bits per heavy atom. The number of anilines is 3. The minimum absolute atomic E-state index is 0.770. The molecule has 0 fully saturated rings. The Hall–Kier alpha value is -5.94. The maximum Gasteiger partial charge on any atom is 0.153 e. The van der Waals surface area contributed by atoms with Crippen LogP contribution in [0.15, 0.2) is 149 Å². The molecule has 0 radical (unpaired) electrons. The van der Waals surface area contributed by atoms with Crippen molar-refractivity contribution in [2.24, 2.45) is 0 Å². The van der Waals surface area contributed by atoms with E-state index in [2.05, 4.69) is 112 Å². The minimum Gasteiger partial charge on any atom is -0.456 e. The van der Waals surface area contributed by atoms with Gasteiger partial charge in [0.1, 0.15) is 16.7 Å². The molecular formula is C38H23N3O2. The van der Waals surface area contributed by atoms with Gasteiger partial charge in [-0.15, -0.1) is 0 Å². The third-order valence-electron chi connectivity index (χ3n) is 8.22. The molecule has 5 aromatic carbocycles. The highest BCUT2D eigenvalue weighted by molar-refractivity contribution is 6.15. The highest BCUT2D eigenvalue weighted by Gasteiger charge is 2.23. The fourth-order valence-corrected chi connectivity index (χ4v) is 6.28. The number of hydrogen-bond acceptors (Lipinski definition) is 5. The molecule has 0 N–H and O–H groups in total. The number of fused-ring (bicyclic) bond motifs is 7. The Kier molecular flexibility index (Phi) is 5.13. The highest BCUT2D eigenvalue weighted by Crippen LogP contribution is 2.47. The van der Waals surface area contributed by atoms with Crippen LogP contribution in [0.2, 0.25) is 0 Å². The summed E-state index contributed by atoms with van der Waals surface area (Å²) >= 11 is 0. The van der Waals surface area contributed by atoms with Crippen molar-refractivity contribution in [3.05, 3.63) is 140 Å². The van der Waals surface area contributed by atoms with Gasteiger partial charge in [0, 0.05) is 45.8 Å². The van der Waals surface area contributed by atoms with Crippen molar-refractivity contribution in [2.75, 3.05) is 4.90 Å². The molecular weight excluding hydrogens is 530 g/mol. The van der Waals surface area contributed by atoms with Gasteiger partial charge in [0.15, 0.2) is 5.58 Å². The van der Waals surface area contributed by atoms with Crippen LogP contribution in [-0.4, -0.2) is 9.97 Å². The lowest BCUT2D eigenvalue weighted by molar-refractivity contribution is 0.666. The number of furan rings is 2.